The van der Waals surface area contributed by atoms with Crippen LogP contribution in [-0.2, 0) is 9.47 Å². The Labute approximate surface area is 173 Å². The van der Waals surface area contributed by atoms with E-state index in [9.17, 15) is 5.26 Å². The van der Waals surface area contributed by atoms with Crippen LogP contribution in [0.2, 0.25) is 10.0 Å². The first-order valence-electron chi connectivity index (χ1n) is 8.70. The Balaban J connectivity index is 1.56. The van der Waals surface area contributed by atoms with E-state index in [0.717, 1.165) is 28.1 Å². The Hall–Kier alpha value is -2.55. The van der Waals surface area contributed by atoms with Gasteiger partial charge in [-0.2, -0.15) is 5.26 Å². The molecule has 1 aliphatic rings. The van der Waals surface area contributed by atoms with Gasteiger partial charge in [0.1, 0.15) is 19.0 Å². The molecule has 0 saturated carbocycles. The van der Waals surface area contributed by atoms with E-state index in [2.05, 4.69) is 11.4 Å². The van der Waals surface area contributed by atoms with Crippen LogP contribution >= 0.6 is 23.2 Å². The van der Waals surface area contributed by atoms with Crippen LogP contribution in [0.4, 0.5) is 11.4 Å². The zero-order valence-electron chi connectivity index (χ0n) is 14.8. The number of nitrogens with one attached hydrogen (secondary N) is 1. The number of nitriles is 1. The van der Waals surface area contributed by atoms with Gasteiger partial charge >= 0.3 is 0 Å². The number of halogens is 2. The maximum atomic E-state index is 9.59. The number of anilines is 2. The lowest BCUT2D eigenvalue weighted by Crippen LogP contribution is -2.00. The minimum Gasteiger partial charge on any atom is -0.354 e. The summed E-state index contributed by atoms with van der Waals surface area (Å²) in [6.45, 7) is 0.906. The quantitative estimate of drug-likeness (QED) is 0.546. The third kappa shape index (κ3) is 3.99. The number of nitrogens with zero attached hydrogens (tertiary/aromatic N) is 1. The zero-order chi connectivity index (χ0) is 19.5. The number of hydrogen-bond donors (Lipinski definition) is 1. The van der Waals surface area contributed by atoms with Crippen LogP contribution in [0.1, 0.15) is 17.2 Å². The maximum Gasteiger partial charge on any atom is 0.147 e. The van der Waals surface area contributed by atoms with Gasteiger partial charge in [-0.3, -0.25) is 0 Å². The Morgan fingerprint density at radius 1 is 0.929 bits per heavy atom. The summed E-state index contributed by atoms with van der Waals surface area (Å²) in [6.07, 6.45) is -0.0193. The molecule has 0 bridgehead atoms. The summed E-state index contributed by atoms with van der Waals surface area (Å²) >= 11 is 12.1. The van der Waals surface area contributed by atoms with Gasteiger partial charge < -0.3 is 14.8 Å². The third-order valence-electron chi connectivity index (χ3n) is 4.58. The molecule has 4 nitrogen and oxygen atoms in total. The molecule has 0 amide bonds. The lowest BCUT2D eigenvalue weighted by Gasteiger charge is -2.12. The lowest BCUT2D eigenvalue weighted by molar-refractivity contribution is 0.0466. The number of ether oxygens (including phenoxy) is 2. The van der Waals surface area contributed by atoms with Crippen molar-refractivity contribution in [2.45, 2.75) is 6.10 Å². The van der Waals surface area contributed by atoms with Crippen molar-refractivity contribution in [1.29, 1.82) is 5.26 Å². The van der Waals surface area contributed by atoms with E-state index in [-0.39, 0.29) is 6.10 Å². The summed E-state index contributed by atoms with van der Waals surface area (Å²) < 4.78 is 10.7. The Bertz CT molecular complexity index is 1040. The van der Waals surface area contributed by atoms with Crippen LogP contribution in [0.25, 0.3) is 11.1 Å². The molecule has 1 aliphatic heterocycles. The molecule has 0 radical (unpaired) electrons. The summed E-state index contributed by atoms with van der Waals surface area (Å²) in [5, 5.41) is 13.9. The summed E-state index contributed by atoms with van der Waals surface area (Å²) in [4.78, 5) is 0. The highest BCUT2D eigenvalue weighted by atomic mass is 35.5. The molecule has 3 aromatic carbocycles. The van der Waals surface area contributed by atoms with Gasteiger partial charge in [0.2, 0.25) is 0 Å². The second kappa shape index (κ2) is 8.22. The van der Waals surface area contributed by atoms with Gasteiger partial charge in [0.15, 0.2) is 0 Å². The topological polar surface area (TPSA) is 54.3 Å². The molecule has 4 rings (SSSR count). The molecule has 0 aliphatic carbocycles. The minimum atomic E-state index is -0.0193. The molecule has 6 heteroatoms. The molecule has 1 saturated heterocycles. The van der Waals surface area contributed by atoms with Crippen LogP contribution in [0.5, 0.6) is 0 Å². The lowest BCUT2D eigenvalue weighted by atomic mass is 10.0. The van der Waals surface area contributed by atoms with Crippen LogP contribution in [0.3, 0.4) is 0 Å². The number of benzene rings is 3. The van der Waals surface area contributed by atoms with Crippen molar-refractivity contribution in [3.05, 3.63) is 81.8 Å². The van der Waals surface area contributed by atoms with Crippen molar-refractivity contribution in [3.8, 4) is 17.2 Å². The van der Waals surface area contributed by atoms with Crippen LogP contribution in [0.15, 0.2) is 60.7 Å². The van der Waals surface area contributed by atoms with Gasteiger partial charge in [0.25, 0.3) is 0 Å². The summed E-state index contributed by atoms with van der Waals surface area (Å²) in [7, 11) is 0. The fourth-order valence-electron chi connectivity index (χ4n) is 3.06. The van der Waals surface area contributed by atoms with Crippen LogP contribution in [-0.4, -0.2) is 13.4 Å². The molecule has 1 heterocycles. The summed E-state index contributed by atoms with van der Waals surface area (Å²) in [6, 6.07) is 21.3. The molecule has 1 unspecified atom stereocenters. The van der Waals surface area contributed by atoms with E-state index in [0.29, 0.717) is 29.0 Å². The van der Waals surface area contributed by atoms with Crippen LogP contribution in [0, 0.1) is 11.3 Å². The van der Waals surface area contributed by atoms with Crippen LogP contribution < -0.4 is 5.32 Å². The van der Waals surface area contributed by atoms with Crippen molar-refractivity contribution in [2.75, 3.05) is 18.7 Å². The summed E-state index contributed by atoms with van der Waals surface area (Å²) in [5.41, 5.74) is 5.04. The van der Waals surface area contributed by atoms with Gasteiger partial charge in [-0.05, 0) is 53.1 Å². The molecule has 0 spiro atoms. The molecule has 3 aromatic rings. The first-order chi connectivity index (χ1) is 13.6. The highest BCUT2D eigenvalue weighted by Crippen LogP contribution is 2.32. The van der Waals surface area contributed by atoms with Crippen molar-refractivity contribution in [2.24, 2.45) is 0 Å². The normalized spacial score (nSPS) is 16.0. The molecule has 1 fully saturated rings. The predicted molar refractivity (Wildman–Crippen MR) is 111 cm³/mol. The first-order valence-corrected chi connectivity index (χ1v) is 9.45. The molecule has 1 atom stereocenters. The van der Waals surface area contributed by atoms with E-state index in [1.165, 1.54) is 0 Å². The molecular formula is C22H16Cl2N2O2. The second-order valence-corrected chi connectivity index (χ2v) is 7.21. The highest BCUT2D eigenvalue weighted by molar-refractivity contribution is 6.42. The van der Waals surface area contributed by atoms with Gasteiger partial charge in [-0.25, -0.2) is 0 Å². The summed E-state index contributed by atoms with van der Waals surface area (Å²) in [5.74, 6) is 0. The smallest absolute Gasteiger partial charge is 0.147 e. The Kier molecular flexibility index (Phi) is 5.52. The Morgan fingerprint density at radius 2 is 1.68 bits per heavy atom. The second-order valence-electron chi connectivity index (χ2n) is 6.39. The van der Waals surface area contributed by atoms with Gasteiger partial charge in [0.05, 0.1) is 27.9 Å². The van der Waals surface area contributed by atoms with E-state index in [4.69, 9.17) is 32.7 Å². The average Bonchev–Trinajstić information content (AvgIpc) is 3.26. The SMILES string of the molecule is N#Cc1cc(-c2ccc(Cl)c(Cl)c2)ccc1Nc1ccc(C2COCO2)cc1. The van der Waals surface area contributed by atoms with Gasteiger partial charge in [0, 0.05) is 5.69 Å². The molecule has 0 aromatic heterocycles. The molecule has 28 heavy (non-hydrogen) atoms. The zero-order valence-corrected chi connectivity index (χ0v) is 16.3. The highest BCUT2D eigenvalue weighted by Gasteiger charge is 2.18. The van der Waals surface area contributed by atoms with Gasteiger partial charge in [-0.15, -0.1) is 0 Å². The average molecular weight is 411 g/mol. The predicted octanol–water partition coefficient (Wildman–Crippen LogP) is 6.32. The van der Waals surface area contributed by atoms with E-state index in [1.54, 1.807) is 12.1 Å². The number of hydrogen-bond acceptors (Lipinski definition) is 4. The van der Waals surface area contributed by atoms with E-state index < -0.39 is 0 Å². The largest absolute Gasteiger partial charge is 0.354 e. The Morgan fingerprint density at radius 3 is 2.36 bits per heavy atom. The fraction of sp³-hybridized carbons (Fsp3) is 0.136. The van der Waals surface area contributed by atoms with E-state index in [1.807, 2.05) is 48.5 Å². The monoisotopic (exact) mass is 410 g/mol. The van der Waals surface area contributed by atoms with Crippen molar-refractivity contribution in [3.63, 3.8) is 0 Å². The first kappa shape index (κ1) is 18.8. The van der Waals surface area contributed by atoms with E-state index >= 15 is 0 Å². The fourth-order valence-corrected chi connectivity index (χ4v) is 3.36. The van der Waals surface area contributed by atoms with Crippen molar-refractivity contribution in [1.82, 2.24) is 0 Å². The minimum absolute atomic E-state index is 0.0193. The third-order valence-corrected chi connectivity index (χ3v) is 5.32. The van der Waals surface area contributed by atoms with Crippen molar-refractivity contribution < 1.29 is 9.47 Å². The van der Waals surface area contributed by atoms with Crippen molar-refractivity contribution >= 4 is 34.6 Å². The molecular weight excluding hydrogens is 395 g/mol. The standard InChI is InChI=1S/C22H16Cl2N2O2/c23-19-7-3-16(10-20(19)24)15-4-8-21(17(9-15)11-25)26-18-5-1-14(2-6-18)22-12-27-13-28-22/h1-10,22,26H,12-13H2. The number of rotatable bonds is 4. The van der Waals surface area contributed by atoms with Gasteiger partial charge in [-0.1, -0.05) is 47.5 Å². The maximum absolute atomic E-state index is 9.59. The molecule has 1 N–H and O–H groups in total. The molecule has 140 valence electrons.